The van der Waals surface area contributed by atoms with E-state index in [2.05, 4.69) is 15.7 Å². The predicted molar refractivity (Wildman–Crippen MR) is 112 cm³/mol. The van der Waals surface area contributed by atoms with Gasteiger partial charge in [0.15, 0.2) is 0 Å². The van der Waals surface area contributed by atoms with Gasteiger partial charge in [-0.25, -0.2) is 0 Å². The summed E-state index contributed by atoms with van der Waals surface area (Å²) < 4.78 is 2.10. The third kappa shape index (κ3) is 3.01. The lowest BCUT2D eigenvalue weighted by molar-refractivity contribution is -0.114. The molecule has 0 spiro atoms. The summed E-state index contributed by atoms with van der Waals surface area (Å²) in [6.07, 6.45) is 1.91. The number of carbonyl (C=O) groups is 1. The van der Waals surface area contributed by atoms with E-state index in [0.717, 1.165) is 28.3 Å². The van der Waals surface area contributed by atoms with Crippen molar-refractivity contribution in [2.45, 2.75) is 20.8 Å². The number of nitrogens with zero attached hydrogens (tertiary/aromatic N) is 3. The van der Waals surface area contributed by atoms with Gasteiger partial charge in [-0.2, -0.15) is 10.1 Å². The van der Waals surface area contributed by atoms with Gasteiger partial charge in [0.2, 0.25) is 0 Å². The monoisotopic (exact) mass is 371 g/mol. The van der Waals surface area contributed by atoms with Crippen LogP contribution in [0.2, 0.25) is 0 Å². The van der Waals surface area contributed by atoms with Crippen molar-refractivity contribution in [1.82, 2.24) is 4.57 Å². The summed E-state index contributed by atoms with van der Waals surface area (Å²) in [5.41, 5.74) is 6.05. The Morgan fingerprint density at radius 3 is 2.29 bits per heavy atom. The first-order valence-electron chi connectivity index (χ1n) is 9.11. The van der Waals surface area contributed by atoms with E-state index in [1.165, 1.54) is 5.01 Å². The number of phenols is 1. The van der Waals surface area contributed by atoms with Gasteiger partial charge in [0.25, 0.3) is 5.91 Å². The van der Waals surface area contributed by atoms with Crippen LogP contribution in [-0.4, -0.2) is 21.3 Å². The number of carbonyl (C=O) groups excluding carboxylic acids is 1. The number of rotatable bonds is 3. The third-order valence-electron chi connectivity index (χ3n) is 4.94. The van der Waals surface area contributed by atoms with E-state index >= 15 is 0 Å². The summed E-state index contributed by atoms with van der Waals surface area (Å²) >= 11 is 0. The summed E-state index contributed by atoms with van der Waals surface area (Å²) in [6, 6.07) is 18.6. The van der Waals surface area contributed by atoms with E-state index < -0.39 is 0 Å². The van der Waals surface area contributed by atoms with Crippen LogP contribution < -0.4 is 5.01 Å². The fraction of sp³-hybridized carbons (Fsp3) is 0.130. The molecule has 2 heterocycles. The average Bonchev–Trinajstić information content (AvgIpc) is 3.13. The van der Waals surface area contributed by atoms with Crippen LogP contribution in [0.4, 0.5) is 5.69 Å². The lowest BCUT2D eigenvalue weighted by Crippen LogP contribution is -2.21. The zero-order valence-electron chi connectivity index (χ0n) is 16.0. The first-order chi connectivity index (χ1) is 13.5. The molecule has 0 fully saturated rings. The summed E-state index contributed by atoms with van der Waals surface area (Å²) in [5, 5.41) is 15.4. The summed E-state index contributed by atoms with van der Waals surface area (Å²) in [7, 11) is 0. The number of aromatic hydroxyl groups is 1. The zero-order chi connectivity index (χ0) is 19.8. The van der Waals surface area contributed by atoms with Gasteiger partial charge in [0.1, 0.15) is 5.75 Å². The van der Waals surface area contributed by atoms with E-state index in [0.29, 0.717) is 11.3 Å². The van der Waals surface area contributed by atoms with Gasteiger partial charge in [-0.3, -0.25) is 4.79 Å². The Kier molecular flexibility index (Phi) is 4.35. The van der Waals surface area contributed by atoms with Gasteiger partial charge in [0, 0.05) is 17.1 Å². The van der Waals surface area contributed by atoms with Crippen molar-refractivity contribution >= 4 is 23.4 Å². The summed E-state index contributed by atoms with van der Waals surface area (Å²) in [5.74, 6) is 0.107. The molecule has 5 nitrogen and oxygen atoms in total. The Hall–Kier alpha value is -3.60. The molecule has 5 heteroatoms. The number of aryl methyl sites for hydroxylation is 1. The van der Waals surface area contributed by atoms with Crippen LogP contribution in [0.1, 0.15) is 23.9 Å². The molecule has 1 amide bonds. The number of hydrogen-bond donors (Lipinski definition) is 1. The van der Waals surface area contributed by atoms with Crippen LogP contribution in [0.15, 0.2) is 71.3 Å². The van der Waals surface area contributed by atoms with Gasteiger partial charge in [0.05, 0.1) is 17.0 Å². The van der Waals surface area contributed by atoms with Crippen molar-refractivity contribution in [2.75, 3.05) is 5.01 Å². The molecule has 0 radical (unpaired) electrons. The molecule has 1 N–H and O–H groups in total. The fourth-order valence-electron chi connectivity index (χ4n) is 3.52. The first-order valence-corrected chi connectivity index (χ1v) is 9.11. The number of hydrazone groups is 1. The molecule has 28 heavy (non-hydrogen) atoms. The van der Waals surface area contributed by atoms with Gasteiger partial charge < -0.3 is 9.67 Å². The van der Waals surface area contributed by atoms with E-state index in [1.807, 2.05) is 69.3 Å². The van der Waals surface area contributed by atoms with E-state index in [9.17, 15) is 9.90 Å². The Labute approximate surface area is 163 Å². The number of para-hydroxylation sites is 1. The molecular formula is C23H21N3O2. The molecule has 3 aromatic rings. The highest BCUT2D eigenvalue weighted by molar-refractivity contribution is 6.32. The SMILES string of the molecule is CC1=NN(c2ccccc2)C(=O)/C1=C/c1cc(C)n(-c2ccc(O)cc2)c1C. The number of anilines is 1. The third-order valence-corrected chi connectivity index (χ3v) is 4.94. The minimum atomic E-state index is -0.127. The number of amides is 1. The smallest absolute Gasteiger partial charge is 0.280 e. The highest BCUT2D eigenvalue weighted by Crippen LogP contribution is 2.28. The molecule has 0 bridgehead atoms. The minimum Gasteiger partial charge on any atom is -0.508 e. The van der Waals surface area contributed by atoms with Crippen molar-refractivity contribution in [2.24, 2.45) is 5.10 Å². The Balaban J connectivity index is 1.72. The summed E-state index contributed by atoms with van der Waals surface area (Å²) in [4.78, 5) is 12.9. The minimum absolute atomic E-state index is 0.127. The topological polar surface area (TPSA) is 57.8 Å². The standard InChI is InChI=1S/C23H21N3O2/c1-15-13-18(17(3)25(15)19-9-11-21(27)12-10-19)14-22-16(2)24-26(23(22)28)20-7-5-4-6-8-20/h4-14,27H,1-3H3/b22-14+. The highest BCUT2D eigenvalue weighted by Gasteiger charge is 2.29. The number of hydrogen-bond acceptors (Lipinski definition) is 3. The first kappa shape index (κ1) is 17.8. The van der Waals surface area contributed by atoms with Crippen molar-refractivity contribution in [3.8, 4) is 11.4 Å². The maximum absolute atomic E-state index is 12.9. The van der Waals surface area contributed by atoms with Crippen molar-refractivity contribution in [3.63, 3.8) is 0 Å². The zero-order valence-corrected chi connectivity index (χ0v) is 16.0. The Bertz CT molecular complexity index is 1110. The van der Waals surface area contributed by atoms with E-state index in [1.54, 1.807) is 12.1 Å². The second kappa shape index (κ2) is 6.85. The molecule has 0 unspecified atom stereocenters. The van der Waals surface area contributed by atoms with Crippen LogP contribution in [-0.2, 0) is 4.79 Å². The molecule has 1 aliphatic rings. The van der Waals surface area contributed by atoms with Crippen molar-refractivity contribution in [1.29, 1.82) is 0 Å². The van der Waals surface area contributed by atoms with Crippen molar-refractivity contribution in [3.05, 3.63) is 83.2 Å². The van der Waals surface area contributed by atoms with Crippen LogP contribution in [0.3, 0.4) is 0 Å². The Morgan fingerprint density at radius 2 is 1.61 bits per heavy atom. The number of aromatic nitrogens is 1. The molecule has 0 aliphatic carbocycles. The normalized spacial score (nSPS) is 15.4. The number of phenolic OH excluding ortho intramolecular Hbond substituents is 1. The van der Waals surface area contributed by atoms with Crippen LogP contribution in [0.25, 0.3) is 11.8 Å². The van der Waals surface area contributed by atoms with Gasteiger partial charge >= 0.3 is 0 Å². The molecule has 140 valence electrons. The van der Waals surface area contributed by atoms with Crippen LogP contribution in [0.5, 0.6) is 5.75 Å². The maximum Gasteiger partial charge on any atom is 0.280 e. The second-order valence-electron chi connectivity index (χ2n) is 6.87. The Morgan fingerprint density at radius 1 is 0.929 bits per heavy atom. The van der Waals surface area contributed by atoms with Gasteiger partial charge in [-0.1, -0.05) is 18.2 Å². The quantitative estimate of drug-likeness (QED) is 0.684. The second-order valence-corrected chi connectivity index (χ2v) is 6.87. The molecule has 2 aromatic carbocycles. The lowest BCUT2D eigenvalue weighted by atomic mass is 10.1. The number of benzene rings is 2. The molecular weight excluding hydrogens is 350 g/mol. The van der Waals surface area contributed by atoms with E-state index in [4.69, 9.17) is 0 Å². The predicted octanol–water partition coefficient (Wildman–Crippen LogP) is 4.61. The lowest BCUT2D eigenvalue weighted by Gasteiger charge is -2.11. The van der Waals surface area contributed by atoms with E-state index in [-0.39, 0.29) is 11.7 Å². The fourth-order valence-corrected chi connectivity index (χ4v) is 3.52. The van der Waals surface area contributed by atoms with Crippen molar-refractivity contribution < 1.29 is 9.90 Å². The molecule has 1 aliphatic heterocycles. The molecule has 0 saturated heterocycles. The van der Waals surface area contributed by atoms with Crippen LogP contribution in [0, 0.1) is 13.8 Å². The molecule has 0 saturated carbocycles. The summed E-state index contributed by atoms with van der Waals surface area (Å²) in [6.45, 7) is 5.90. The highest BCUT2D eigenvalue weighted by atomic mass is 16.3. The van der Waals surface area contributed by atoms with Gasteiger partial charge in [-0.15, -0.1) is 0 Å². The maximum atomic E-state index is 12.9. The largest absolute Gasteiger partial charge is 0.508 e. The van der Waals surface area contributed by atoms with Gasteiger partial charge in [-0.05, 0) is 74.9 Å². The average molecular weight is 371 g/mol. The van der Waals surface area contributed by atoms with Crippen LogP contribution >= 0.6 is 0 Å². The molecule has 1 aromatic heterocycles. The molecule has 4 rings (SSSR count). The molecule has 0 atom stereocenters.